The number of carbonyl (C=O) groups is 1. The highest BCUT2D eigenvalue weighted by Gasteiger charge is 2.31. The molecule has 23 heavy (non-hydrogen) atoms. The summed E-state index contributed by atoms with van der Waals surface area (Å²) in [5.74, 6) is 5.21. The van der Waals surface area contributed by atoms with Crippen LogP contribution in [0.1, 0.15) is 5.56 Å². The Hall–Kier alpha value is -1.94. The summed E-state index contributed by atoms with van der Waals surface area (Å²) in [7, 11) is -1.36. The number of hydrogen-bond donors (Lipinski definition) is 3. The summed E-state index contributed by atoms with van der Waals surface area (Å²) < 4.78 is 42.9. The zero-order valence-electron chi connectivity index (χ0n) is 13.1. The highest BCUT2D eigenvalue weighted by Crippen LogP contribution is 2.33. The molecule has 6 nitrogen and oxygen atoms in total. The number of nitrogens with one attached hydrogen (secondary N) is 2. The zero-order valence-corrected chi connectivity index (χ0v) is 14.1. The molecule has 0 aliphatic heterocycles. The summed E-state index contributed by atoms with van der Waals surface area (Å²) in [4.78, 5) is 16.0. The van der Waals surface area contributed by atoms with Crippen molar-refractivity contribution in [2.45, 2.75) is 31.9 Å². The molecule has 0 spiro atoms. The van der Waals surface area contributed by atoms with Gasteiger partial charge in [-0.2, -0.15) is 32.8 Å². The molecule has 0 unspecified atom stereocenters. The first-order valence-electron chi connectivity index (χ1n) is 6.80. The van der Waals surface area contributed by atoms with Crippen molar-refractivity contribution in [1.82, 2.24) is 0 Å². The molecule has 0 aliphatic carbocycles. The van der Waals surface area contributed by atoms with Crippen molar-refractivity contribution in [2.24, 2.45) is 5.84 Å². The third-order valence-electron chi connectivity index (χ3n) is 2.82. The van der Waals surface area contributed by atoms with Crippen LogP contribution in [0.25, 0.3) is 0 Å². The molecule has 0 radical (unpaired) electrons. The fourth-order valence-corrected chi connectivity index (χ4v) is 2.21. The first-order valence-corrected chi connectivity index (χ1v) is 10.5. The van der Waals surface area contributed by atoms with Gasteiger partial charge < -0.3 is 15.0 Å². The third-order valence-corrected chi connectivity index (χ3v) is 4.52. The maximum Gasteiger partial charge on any atom is 0.533 e. The van der Waals surface area contributed by atoms with E-state index in [-0.39, 0.29) is 18.0 Å². The first-order chi connectivity index (χ1) is 10.5. The van der Waals surface area contributed by atoms with Gasteiger partial charge in [-0.05, 0) is 18.2 Å². The topological polar surface area (TPSA) is 85.6 Å². The van der Waals surface area contributed by atoms with Crippen molar-refractivity contribution in [3.63, 3.8) is 0 Å². The van der Waals surface area contributed by atoms with E-state index in [1.54, 1.807) is 0 Å². The molecule has 4 N–H and O–H groups in total. The molecule has 0 heterocycles. The highest BCUT2D eigenvalue weighted by molar-refractivity contribution is 6.76. The number of nitrogens with two attached hydrogens (primary N) is 1. The molecule has 10 heteroatoms. The van der Waals surface area contributed by atoms with Crippen molar-refractivity contribution in [1.29, 1.82) is 0 Å². The summed E-state index contributed by atoms with van der Waals surface area (Å²) in [6.45, 7) is 6.53. The quantitative estimate of drug-likeness (QED) is 0.313. The first kappa shape index (κ1) is 19.1. The second-order valence-electron chi connectivity index (χ2n) is 6.02. The number of benzene rings is 1. The van der Waals surface area contributed by atoms with Crippen LogP contribution >= 0.6 is 0 Å². The van der Waals surface area contributed by atoms with Crippen LogP contribution in [-0.2, 0) is 15.8 Å². The van der Waals surface area contributed by atoms with Gasteiger partial charge in [-0.15, -0.1) is 14.1 Å². The zero-order chi connectivity index (χ0) is 17.7. The molecule has 0 saturated heterocycles. The summed E-state index contributed by atoms with van der Waals surface area (Å²) in [5.41, 5.74) is 3.41. The lowest BCUT2D eigenvalue weighted by atomic mass is 10.1. The van der Waals surface area contributed by atoms with Gasteiger partial charge in [0.05, 0.1) is 23.5 Å². The fraction of sp³-hybridized carbons (Fsp3) is 0.462. The second-order valence-corrected chi connectivity index (χ2v) is 11.6. The maximum atomic E-state index is 12.7. The van der Waals surface area contributed by atoms with Gasteiger partial charge >= 0.3 is 12.3 Å². The molecule has 0 atom stereocenters. The van der Waals surface area contributed by atoms with Gasteiger partial charge in [0.15, 0.2) is 0 Å². The Labute approximate surface area is 133 Å². The minimum Gasteiger partial charge on any atom is -0.436 e. The second kappa shape index (κ2) is 7.55. The van der Waals surface area contributed by atoms with Crippen LogP contribution in [0.15, 0.2) is 18.2 Å². The van der Waals surface area contributed by atoms with Crippen molar-refractivity contribution < 1.29 is 27.5 Å². The lowest BCUT2D eigenvalue weighted by Crippen LogP contribution is -2.23. The molecule has 0 aliphatic rings. The molecule has 0 aromatic heterocycles. The fourth-order valence-electron chi connectivity index (χ4n) is 1.50. The Balaban J connectivity index is 2.64. The Morgan fingerprint density at radius 2 is 1.91 bits per heavy atom. The van der Waals surface area contributed by atoms with E-state index in [1.165, 1.54) is 0 Å². The Bertz CT molecular complexity index is 547. The van der Waals surface area contributed by atoms with E-state index in [4.69, 9.17) is 10.6 Å². The average Bonchev–Trinajstić information content (AvgIpc) is 2.42. The smallest absolute Gasteiger partial charge is 0.436 e. The van der Waals surface area contributed by atoms with Crippen LogP contribution in [0.2, 0.25) is 25.7 Å². The standard InChI is InChI=1S/C13H20F3N3O3Si/c1-23(2,3)7-6-21-12(20)22-19-11-8-9(13(14,15)16)4-5-10(11)18-17/h4-5,8,18-19H,6-7,17H2,1-3H3/q-1. The van der Waals surface area contributed by atoms with Crippen LogP contribution in [-0.4, -0.2) is 20.8 Å². The van der Waals surface area contributed by atoms with Gasteiger partial charge in [-0.25, -0.2) is 10.3 Å². The Morgan fingerprint density at radius 3 is 2.43 bits per heavy atom. The minimum atomic E-state index is -4.53. The normalized spacial score (nSPS) is 11.8. The van der Waals surface area contributed by atoms with Crippen molar-refractivity contribution in [3.8, 4) is 0 Å². The van der Waals surface area contributed by atoms with E-state index in [2.05, 4.69) is 35.4 Å². The molecular formula is C13H20F3N3O3Si-. The molecule has 0 bridgehead atoms. The number of rotatable bonds is 6. The van der Waals surface area contributed by atoms with Crippen LogP contribution in [0.3, 0.4) is 0 Å². The number of halogens is 3. The van der Waals surface area contributed by atoms with Gasteiger partial charge in [-0.3, -0.25) is 5.84 Å². The number of ether oxygens (including phenoxy) is 1. The Morgan fingerprint density at radius 1 is 1.26 bits per heavy atom. The Kier molecular flexibility index (Phi) is 6.27. The third kappa shape index (κ3) is 6.78. The van der Waals surface area contributed by atoms with E-state index in [0.29, 0.717) is 0 Å². The number of nitrogen functional groups attached to an aromatic ring is 1. The molecule has 1 aromatic carbocycles. The van der Waals surface area contributed by atoms with E-state index in [0.717, 1.165) is 24.2 Å². The lowest BCUT2D eigenvalue weighted by molar-refractivity contribution is -0.137. The number of anilines is 2. The van der Waals surface area contributed by atoms with Gasteiger partial charge in [0, 0.05) is 0 Å². The van der Waals surface area contributed by atoms with E-state index in [9.17, 15) is 18.0 Å². The van der Waals surface area contributed by atoms with Crippen LogP contribution in [0.4, 0.5) is 29.3 Å². The summed E-state index contributed by atoms with van der Waals surface area (Å²) in [6.07, 6.45) is -5.55. The maximum absolute atomic E-state index is 12.7. The predicted molar refractivity (Wildman–Crippen MR) is 83.5 cm³/mol. The van der Waals surface area contributed by atoms with Gasteiger partial charge in [0.1, 0.15) is 0 Å². The van der Waals surface area contributed by atoms with Crippen molar-refractivity contribution >= 4 is 25.6 Å². The molecule has 1 rings (SSSR count). The predicted octanol–water partition coefficient (Wildman–Crippen LogP) is 3.81. The summed E-state index contributed by atoms with van der Waals surface area (Å²) >= 11 is 0. The molecule has 0 fully saturated rings. The van der Waals surface area contributed by atoms with E-state index >= 15 is 0 Å². The number of alkyl halides is 3. The van der Waals surface area contributed by atoms with E-state index in [1.807, 2.05) is 0 Å². The summed E-state index contributed by atoms with van der Waals surface area (Å²) in [5, 5.41) is 0. The van der Waals surface area contributed by atoms with Gasteiger partial charge in [-0.1, -0.05) is 0 Å². The lowest BCUT2D eigenvalue weighted by Gasteiger charge is -2.26. The molecule has 0 saturated carbocycles. The number of hydrazine groups is 1. The minimum absolute atomic E-state index is 0.132. The van der Waals surface area contributed by atoms with Crippen molar-refractivity contribution in [3.05, 3.63) is 23.8 Å². The van der Waals surface area contributed by atoms with Crippen LogP contribution in [0.5, 0.6) is 0 Å². The molecular weight excluding hydrogens is 331 g/mol. The average molecular weight is 351 g/mol. The largest absolute Gasteiger partial charge is 0.533 e. The molecule has 131 valence electrons. The van der Waals surface area contributed by atoms with Crippen molar-refractivity contribution in [2.75, 3.05) is 17.5 Å². The van der Waals surface area contributed by atoms with Crippen LogP contribution < -0.4 is 16.7 Å². The monoisotopic (exact) mass is 351 g/mol. The highest BCUT2D eigenvalue weighted by atomic mass is 28.3. The summed E-state index contributed by atoms with van der Waals surface area (Å²) in [6, 6.07) is 3.49. The van der Waals surface area contributed by atoms with Gasteiger partial charge in [0.2, 0.25) is 0 Å². The number of carbonyl (C=O) groups excluding carboxylic acids is 1. The number of hydrogen-bond acceptors (Lipinski definition) is 6. The van der Waals surface area contributed by atoms with Gasteiger partial charge in [0.25, 0.3) is 0 Å². The van der Waals surface area contributed by atoms with Crippen LogP contribution in [0, 0.1) is 0 Å². The molecule has 0 amide bonds. The molecule has 1 aromatic rings. The SMILES string of the molecule is C[Si-](C)(C)CCOC(=O)ONc1cc(C(F)(F)F)ccc1NN. The van der Waals surface area contributed by atoms with E-state index < -0.39 is 26.0 Å².